The molecular formula is C17H15NO3S. The van der Waals surface area contributed by atoms with Crippen LogP contribution in [0.3, 0.4) is 0 Å². The quantitative estimate of drug-likeness (QED) is 0.675. The van der Waals surface area contributed by atoms with Gasteiger partial charge in [0.15, 0.2) is 0 Å². The van der Waals surface area contributed by atoms with Gasteiger partial charge in [0.25, 0.3) is 0 Å². The number of carbonyl (C=O) groups is 1. The molecule has 4 nitrogen and oxygen atoms in total. The lowest BCUT2D eigenvalue weighted by atomic mass is 10.1. The summed E-state index contributed by atoms with van der Waals surface area (Å²) < 4.78 is 11.6. The number of para-hydroxylation sites is 2. The lowest BCUT2D eigenvalue weighted by molar-refractivity contribution is -0.144. The minimum absolute atomic E-state index is 0.189. The predicted molar refractivity (Wildman–Crippen MR) is 86.1 cm³/mol. The van der Waals surface area contributed by atoms with Crippen molar-refractivity contribution >= 4 is 27.5 Å². The maximum atomic E-state index is 12.0. The molecule has 0 aliphatic rings. The number of aromatic nitrogens is 1. The number of nitrogens with zero attached hydrogens (tertiary/aromatic N) is 1. The fourth-order valence-corrected chi connectivity index (χ4v) is 3.06. The molecule has 0 bridgehead atoms. The van der Waals surface area contributed by atoms with Crippen LogP contribution < -0.4 is 4.74 Å². The summed E-state index contributed by atoms with van der Waals surface area (Å²) in [6.45, 7) is 0.202. The Morgan fingerprint density at radius 1 is 1.14 bits per heavy atom. The van der Waals surface area contributed by atoms with Gasteiger partial charge in [0.1, 0.15) is 17.4 Å². The van der Waals surface area contributed by atoms with Crippen molar-refractivity contribution in [3.63, 3.8) is 0 Å². The van der Waals surface area contributed by atoms with Crippen LogP contribution in [0.2, 0.25) is 0 Å². The van der Waals surface area contributed by atoms with E-state index in [0.29, 0.717) is 5.75 Å². The number of rotatable bonds is 5. The number of esters is 1. The van der Waals surface area contributed by atoms with Gasteiger partial charge in [0, 0.05) is 5.56 Å². The smallest absolute Gasteiger partial charge is 0.310 e. The van der Waals surface area contributed by atoms with E-state index < -0.39 is 0 Å². The number of hydrogen-bond acceptors (Lipinski definition) is 5. The lowest BCUT2D eigenvalue weighted by Gasteiger charge is -2.07. The zero-order chi connectivity index (χ0) is 15.4. The Morgan fingerprint density at radius 2 is 1.91 bits per heavy atom. The van der Waals surface area contributed by atoms with Crippen LogP contribution in [0.5, 0.6) is 5.75 Å². The molecule has 3 aromatic rings. The normalized spacial score (nSPS) is 10.6. The van der Waals surface area contributed by atoms with Crippen molar-refractivity contribution in [2.45, 2.75) is 13.0 Å². The summed E-state index contributed by atoms with van der Waals surface area (Å²) in [4.78, 5) is 16.4. The molecule has 0 radical (unpaired) electrons. The van der Waals surface area contributed by atoms with Gasteiger partial charge < -0.3 is 9.47 Å². The molecule has 0 unspecified atom stereocenters. The second kappa shape index (κ2) is 6.58. The van der Waals surface area contributed by atoms with Crippen LogP contribution >= 0.6 is 11.3 Å². The van der Waals surface area contributed by atoms with Crippen molar-refractivity contribution in [3.05, 3.63) is 59.1 Å². The van der Waals surface area contributed by atoms with Crippen LogP contribution in [-0.2, 0) is 22.6 Å². The van der Waals surface area contributed by atoms with Gasteiger partial charge in [-0.1, -0.05) is 30.3 Å². The summed E-state index contributed by atoms with van der Waals surface area (Å²) in [5.74, 6) is 0.406. The van der Waals surface area contributed by atoms with Crippen molar-refractivity contribution in [1.82, 2.24) is 4.98 Å². The van der Waals surface area contributed by atoms with Crippen LogP contribution in [0.25, 0.3) is 10.2 Å². The molecule has 1 heterocycles. The zero-order valence-corrected chi connectivity index (χ0v) is 12.9. The Labute approximate surface area is 132 Å². The van der Waals surface area contributed by atoms with Gasteiger partial charge in [-0.3, -0.25) is 4.79 Å². The van der Waals surface area contributed by atoms with Crippen LogP contribution in [0.1, 0.15) is 10.6 Å². The monoisotopic (exact) mass is 313 g/mol. The molecule has 22 heavy (non-hydrogen) atoms. The van der Waals surface area contributed by atoms with E-state index in [-0.39, 0.29) is 19.0 Å². The van der Waals surface area contributed by atoms with E-state index in [1.54, 1.807) is 18.4 Å². The molecule has 1 aromatic heterocycles. The Hall–Kier alpha value is -2.40. The first-order valence-electron chi connectivity index (χ1n) is 6.88. The molecule has 112 valence electrons. The van der Waals surface area contributed by atoms with E-state index in [4.69, 9.17) is 9.47 Å². The van der Waals surface area contributed by atoms with Gasteiger partial charge in [-0.15, -0.1) is 11.3 Å². The first kappa shape index (κ1) is 14.5. The van der Waals surface area contributed by atoms with E-state index in [2.05, 4.69) is 4.98 Å². The highest BCUT2D eigenvalue weighted by atomic mass is 32.1. The van der Waals surface area contributed by atoms with E-state index in [1.807, 2.05) is 48.5 Å². The average molecular weight is 313 g/mol. The molecular weight excluding hydrogens is 298 g/mol. The second-order valence-electron chi connectivity index (χ2n) is 4.72. The summed E-state index contributed by atoms with van der Waals surface area (Å²) >= 11 is 1.54. The molecule has 2 aromatic carbocycles. The Bertz CT molecular complexity index is 764. The SMILES string of the molecule is COc1ccccc1CC(=O)OCc1nc2ccccc2s1. The van der Waals surface area contributed by atoms with E-state index in [0.717, 1.165) is 20.8 Å². The third-order valence-electron chi connectivity index (χ3n) is 3.22. The number of thiazole rings is 1. The Morgan fingerprint density at radius 3 is 2.73 bits per heavy atom. The predicted octanol–water partition coefficient (Wildman–Crippen LogP) is 3.59. The summed E-state index contributed by atoms with van der Waals surface area (Å²) in [7, 11) is 1.59. The first-order valence-corrected chi connectivity index (χ1v) is 7.70. The number of benzene rings is 2. The summed E-state index contributed by atoms with van der Waals surface area (Å²) in [5, 5.41) is 0.801. The molecule has 0 fully saturated rings. The molecule has 0 spiro atoms. The van der Waals surface area contributed by atoms with Crippen LogP contribution in [0.15, 0.2) is 48.5 Å². The third-order valence-corrected chi connectivity index (χ3v) is 4.23. The standard InChI is InChI=1S/C17H15NO3S/c1-20-14-8-4-2-6-12(14)10-17(19)21-11-16-18-13-7-3-5-9-15(13)22-16/h2-9H,10-11H2,1H3. The topological polar surface area (TPSA) is 48.4 Å². The van der Waals surface area contributed by atoms with Gasteiger partial charge in [-0.25, -0.2) is 4.98 Å². The number of carbonyl (C=O) groups excluding carboxylic acids is 1. The largest absolute Gasteiger partial charge is 0.496 e. The van der Waals surface area contributed by atoms with Crippen LogP contribution in [-0.4, -0.2) is 18.1 Å². The highest BCUT2D eigenvalue weighted by Crippen LogP contribution is 2.22. The number of hydrogen-bond donors (Lipinski definition) is 0. The van der Waals surface area contributed by atoms with Crippen molar-refractivity contribution in [1.29, 1.82) is 0 Å². The van der Waals surface area contributed by atoms with E-state index >= 15 is 0 Å². The maximum Gasteiger partial charge on any atom is 0.310 e. The number of fused-ring (bicyclic) bond motifs is 1. The first-order chi connectivity index (χ1) is 10.8. The van der Waals surface area contributed by atoms with Crippen LogP contribution in [0, 0.1) is 0 Å². The molecule has 0 atom stereocenters. The van der Waals surface area contributed by atoms with Gasteiger partial charge in [-0.2, -0.15) is 0 Å². The lowest BCUT2D eigenvalue weighted by Crippen LogP contribution is -2.08. The highest BCUT2D eigenvalue weighted by Gasteiger charge is 2.11. The average Bonchev–Trinajstić information content (AvgIpc) is 2.96. The maximum absolute atomic E-state index is 12.0. The van der Waals surface area contributed by atoms with Gasteiger partial charge >= 0.3 is 5.97 Å². The second-order valence-corrected chi connectivity index (χ2v) is 5.84. The molecule has 0 N–H and O–H groups in total. The Kier molecular flexibility index (Phi) is 4.34. The minimum atomic E-state index is -0.288. The van der Waals surface area contributed by atoms with Gasteiger partial charge in [0.05, 0.1) is 23.7 Å². The van der Waals surface area contributed by atoms with Gasteiger partial charge in [0.2, 0.25) is 0 Å². The van der Waals surface area contributed by atoms with Crippen molar-refractivity contribution in [2.75, 3.05) is 7.11 Å². The molecule has 5 heteroatoms. The number of ether oxygens (including phenoxy) is 2. The van der Waals surface area contributed by atoms with Crippen molar-refractivity contribution < 1.29 is 14.3 Å². The fourth-order valence-electron chi connectivity index (χ4n) is 2.18. The summed E-state index contributed by atoms with van der Waals surface area (Å²) in [5.41, 5.74) is 1.75. The fraction of sp³-hybridized carbons (Fsp3) is 0.176. The molecule has 0 aliphatic carbocycles. The molecule has 0 amide bonds. The Balaban J connectivity index is 1.62. The van der Waals surface area contributed by atoms with Crippen LogP contribution in [0.4, 0.5) is 0 Å². The number of methoxy groups -OCH3 is 1. The highest BCUT2D eigenvalue weighted by molar-refractivity contribution is 7.18. The summed E-state index contributed by atoms with van der Waals surface area (Å²) in [6.07, 6.45) is 0.189. The van der Waals surface area contributed by atoms with E-state index in [1.165, 1.54) is 0 Å². The molecule has 0 saturated carbocycles. The zero-order valence-electron chi connectivity index (χ0n) is 12.1. The van der Waals surface area contributed by atoms with Gasteiger partial charge in [-0.05, 0) is 18.2 Å². The molecule has 0 aliphatic heterocycles. The van der Waals surface area contributed by atoms with Crippen molar-refractivity contribution in [2.24, 2.45) is 0 Å². The van der Waals surface area contributed by atoms with Crippen molar-refractivity contribution in [3.8, 4) is 5.75 Å². The third kappa shape index (κ3) is 3.26. The molecule has 3 rings (SSSR count). The summed E-state index contributed by atoms with van der Waals surface area (Å²) in [6, 6.07) is 15.3. The molecule has 0 saturated heterocycles. The minimum Gasteiger partial charge on any atom is -0.496 e. The van der Waals surface area contributed by atoms with E-state index in [9.17, 15) is 4.79 Å².